The van der Waals surface area contributed by atoms with Gasteiger partial charge in [-0.2, -0.15) is 0 Å². The fourth-order valence-electron chi connectivity index (χ4n) is 1.82. The minimum absolute atomic E-state index is 0.211. The SMILES string of the molecule is COc1ccccc1CCC(=O)OCC(=O)NC(C)(C)C. The molecular formula is C16H23NO4. The van der Waals surface area contributed by atoms with Gasteiger partial charge in [-0.05, 0) is 38.8 Å². The monoisotopic (exact) mass is 293 g/mol. The second-order valence-corrected chi connectivity index (χ2v) is 5.77. The minimum atomic E-state index is -0.398. The average molecular weight is 293 g/mol. The molecule has 5 nitrogen and oxygen atoms in total. The Morgan fingerprint density at radius 3 is 2.48 bits per heavy atom. The lowest BCUT2D eigenvalue weighted by Gasteiger charge is -2.20. The van der Waals surface area contributed by atoms with Crippen LogP contribution in [-0.4, -0.2) is 31.1 Å². The van der Waals surface area contributed by atoms with Gasteiger partial charge < -0.3 is 14.8 Å². The maximum Gasteiger partial charge on any atom is 0.306 e. The summed E-state index contributed by atoms with van der Waals surface area (Å²) in [5.41, 5.74) is 0.608. The molecule has 0 unspecified atom stereocenters. The molecule has 0 atom stereocenters. The van der Waals surface area contributed by atoms with Gasteiger partial charge in [0.05, 0.1) is 7.11 Å². The molecule has 0 radical (unpaired) electrons. The largest absolute Gasteiger partial charge is 0.496 e. The molecule has 0 heterocycles. The lowest BCUT2D eigenvalue weighted by atomic mass is 10.1. The van der Waals surface area contributed by atoms with Crippen LogP contribution in [0.1, 0.15) is 32.8 Å². The summed E-state index contributed by atoms with van der Waals surface area (Å²) in [5, 5.41) is 2.73. The first-order chi connectivity index (χ1) is 9.81. The highest BCUT2D eigenvalue weighted by atomic mass is 16.5. The Hall–Kier alpha value is -2.04. The van der Waals surface area contributed by atoms with Gasteiger partial charge in [0.25, 0.3) is 5.91 Å². The van der Waals surface area contributed by atoms with Gasteiger partial charge in [0, 0.05) is 12.0 Å². The number of nitrogens with one attached hydrogen (secondary N) is 1. The van der Waals surface area contributed by atoms with E-state index in [0.29, 0.717) is 6.42 Å². The number of benzene rings is 1. The Labute approximate surface area is 125 Å². The number of rotatable bonds is 6. The molecule has 0 saturated heterocycles. The molecule has 0 spiro atoms. The summed E-state index contributed by atoms with van der Waals surface area (Å²) in [6.07, 6.45) is 0.729. The zero-order chi connectivity index (χ0) is 15.9. The van der Waals surface area contributed by atoms with E-state index in [-0.39, 0.29) is 24.5 Å². The van der Waals surface area contributed by atoms with Crippen LogP contribution >= 0.6 is 0 Å². The number of ether oxygens (including phenoxy) is 2. The van der Waals surface area contributed by atoms with E-state index in [1.807, 2.05) is 45.0 Å². The van der Waals surface area contributed by atoms with Crippen LogP contribution in [0.3, 0.4) is 0 Å². The number of methoxy groups -OCH3 is 1. The van der Waals surface area contributed by atoms with E-state index in [4.69, 9.17) is 9.47 Å². The number of aryl methyl sites for hydroxylation is 1. The fourth-order valence-corrected chi connectivity index (χ4v) is 1.82. The molecule has 1 N–H and O–H groups in total. The summed E-state index contributed by atoms with van der Waals surface area (Å²) >= 11 is 0. The number of hydrogen-bond donors (Lipinski definition) is 1. The standard InChI is InChI=1S/C16H23NO4/c1-16(2,3)17-14(18)11-21-15(19)10-9-12-7-5-6-8-13(12)20-4/h5-8H,9-11H2,1-4H3,(H,17,18). The van der Waals surface area contributed by atoms with E-state index in [1.165, 1.54) is 0 Å². The highest BCUT2D eigenvalue weighted by Crippen LogP contribution is 2.18. The van der Waals surface area contributed by atoms with Crippen molar-refractivity contribution in [3.8, 4) is 5.75 Å². The molecule has 0 aromatic heterocycles. The van der Waals surface area contributed by atoms with Crippen LogP contribution in [0.5, 0.6) is 5.75 Å². The van der Waals surface area contributed by atoms with Gasteiger partial charge >= 0.3 is 5.97 Å². The molecule has 0 aliphatic carbocycles. The Morgan fingerprint density at radius 2 is 1.86 bits per heavy atom. The molecule has 5 heteroatoms. The van der Waals surface area contributed by atoms with Gasteiger partial charge in [0.15, 0.2) is 6.61 Å². The van der Waals surface area contributed by atoms with Crippen molar-refractivity contribution in [2.24, 2.45) is 0 Å². The Balaban J connectivity index is 2.36. The lowest BCUT2D eigenvalue weighted by molar-refractivity contribution is -0.148. The first-order valence-corrected chi connectivity index (χ1v) is 6.90. The number of hydrogen-bond acceptors (Lipinski definition) is 4. The quantitative estimate of drug-likeness (QED) is 0.816. The molecule has 21 heavy (non-hydrogen) atoms. The van der Waals surface area contributed by atoms with Crippen LogP contribution < -0.4 is 10.1 Å². The minimum Gasteiger partial charge on any atom is -0.496 e. The lowest BCUT2D eigenvalue weighted by Crippen LogP contribution is -2.42. The van der Waals surface area contributed by atoms with Crippen LogP contribution in [0, 0.1) is 0 Å². The molecule has 1 aromatic carbocycles. The molecule has 1 aromatic rings. The van der Waals surface area contributed by atoms with E-state index in [2.05, 4.69) is 5.32 Å². The third-order valence-electron chi connectivity index (χ3n) is 2.67. The van der Waals surface area contributed by atoms with Crippen molar-refractivity contribution in [2.45, 2.75) is 39.2 Å². The van der Waals surface area contributed by atoms with E-state index in [9.17, 15) is 9.59 Å². The predicted octanol–water partition coefficient (Wildman–Crippen LogP) is 2.09. The van der Waals surface area contributed by atoms with Gasteiger partial charge in [-0.1, -0.05) is 18.2 Å². The zero-order valence-corrected chi connectivity index (χ0v) is 13.1. The molecule has 1 rings (SSSR count). The summed E-state index contributed by atoms with van der Waals surface area (Å²) in [4.78, 5) is 23.2. The van der Waals surface area contributed by atoms with E-state index < -0.39 is 5.97 Å². The number of amides is 1. The topological polar surface area (TPSA) is 64.6 Å². The first kappa shape index (κ1) is 17.0. The summed E-state index contributed by atoms with van der Waals surface area (Å²) in [6.45, 7) is 5.36. The highest BCUT2D eigenvalue weighted by Gasteiger charge is 2.15. The van der Waals surface area contributed by atoms with E-state index in [1.54, 1.807) is 7.11 Å². The van der Waals surface area contributed by atoms with Crippen molar-refractivity contribution < 1.29 is 19.1 Å². The van der Waals surface area contributed by atoms with Crippen molar-refractivity contribution >= 4 is 11.9 Å². The number of carbonyl (C=O) groups excluding carboxylic acids is 2. The molecule has 0 aliphatic heterocycles. The predicted molar refractivity (Wildman–Crippen MR) is 80.2 cm³/mol. The maximum absolute atomic E-state index is 11.6. The molecule has 0 bridgehead atoms. The molecule has 0 fully saturated rings. The van der Waals surface area contributed by atoms with Gasteiger partial charge in [-0.15, -0.1) is 0 Å². The Morgan fingerprint density at radius 1 is 1.19 bits per heavy atom. The van der Waals surface area contributed by atoms with E-state index >= 15 is 0 Å². The summed E-state index contributed by atoms with van der Waals surface area (Å²) in [6, 6.07) is 7.51. The van der Waals surface area contributed by atoms with Crippen molar-refractivity contribution in [3.63, 3.8) is 0 Å². The van der Waals surface area contributed by atoms with Crippen molar-refractivity contribution in [2.75, 3.05) is 13.7 Å². The maximum atomic E-state index is 11.6. The molecule has 116 valence electrons. The smallest absolute Gasteiger partial charge is 0.306 e. The average Bonchev–Trinajstić information content (AvgIpc) is 2.41. The molecule has 0 aliphatic rings. The molecular weight excluding hydrogens is 270 g/mol. The van der Waals surface area contributed by atoms with Gasteiger partial charge in [-0.25, -0.2) is 0 Å². The summed E-state index contributed by atoms with van der Waals surface area (Å²) in [7, 11) is 1.59. The second-order valence-electron chi connectivity index (χ2n) is 5.77. The van der Waals surface area contributed by atoms with Gasteiger partial charge in [-0.3, -0.25) is 9.59 Å². The molecule has 0 saturated carbocycles. The third kappa shape index (κ3) is 6.79. The van der Waals surface area contributed by atoms with Crippen LogP contribution in [-0.2, 0) is 20.7 Å². The summed E-state index contributed by atoms with van der Waals surface area (Å²) < 4.78 is 10.2. The van der Waals surface area contributed by atoms with Crippen LogP contribution in [0.4, 0.5) is 0 Å². The Bertz CT molecular complexity index is 491. The van der Waals surface area contributed by atoms with Crippen LogP contribution in [0.2, 0.25) is 0 Å². The van der Waals surface area contributed by atoms with Crippen molar-refractivity contribution in [1.29, 1.82) is 0 Å². The third-order valence-corrected chi connectivity index (χ3v) is 2.67. The van der Waals surface area contributed by atoms with E-state index in [0.717, 1.165) is 11.3 Å². The second kappa shape index (κ2) is 7.67. The van der Waals surface area contributed by atoms with Crippen LogP contribution in [0.25, 0.3) is 0 Å². The normalized spacial score (nSPS) is 10.9. The number of esters is 1. The molecule has 1 amide bonds. The number of para-hydroxylation sites is 1. The first-order valence-electron chi connectivity index (χ1n) is 6.90. The van der Waals surface area contributed by atoms with Gasteiger partial charge in [0.1, 0.15) is 5.75 Å². The van der Waals surface area contributed by atoms with Crippen molar-refractivity contribution in [3.05, 3.63) is 29.8 Å². The zero-order valence-electron chi connectivity index (χ0n) is 13.1. The highest BCUT2D eigenvalue weighted by molar-refractivity contribution is 5.81. The van der Waals surface area contributed by atoms with Crippen molar-refractivity contribution in [1.82, 2.24) is 5.32 Å². The Kier molecular flexibility index (Phi) is 6.21. The number of carbonyl (C=O) groups is 2. The summed E-state index contributed by atoms with van der Waals surface area (Å²) in [5.74, 6) is 0.0499. The van der Waals surface area contributed by atoms with Crippen LogP contribution in [0.15, 0.2) is 24.3 Å². The van der Waals surface area contributed by atoms with Gasteiger partial charge in [0.2, 0.25) is 0 Å². The fraction of sp³-hybridized carbons (Fsp3) is 0.500.